The molecule has 0 atom stereocenters. The highest BCUT2D eigenvalue weighted by Crippen LogP contribution is 2.29. The number of hydrogen-bond donors (Lipinski definition) is 1. The molecule has 0 unspecified atom stereocenters. The summed E-state index contributed by atoms with van der Waals surface area (Å²) in [6.45, 7) is -2.06. The minimum absolute atomic E-state index is 0.110. The zero-order valence-corrected chi connectivity index (χ0v) is 14.8. The molecule has 2 aromatic rings. The number of benzene rings is 2. The van der Waals surface area contributed by atoms with Gasteiger partial charge in [-0.05, 0) is 35.4 Å². The van der Waals surface area contributed by atoms with Crippen LogP contribution in [0.5, 0.6) is 0 Å². The minimum atomic E-state index is -4.50. The fourth-order valence-electron chi connectivity index (χ4n) is 2.31. The van der Waals surface area contributed by atoms with E-state index in [2.05, 4.69) is 10.1 Å². The predicted molar refractivity (Wildman–Crippen MR) is 89.7 cm³/mol. The quantitative estimate of drug-likeness (QED) is 0.604. The van der Waals surface area contributed by atoms with Crippen molar-refractivity contribution in [1.29, 1.82) is 0 Å². The molecule has 0 fully saturated rings. The lowest BCUT2D eigenvalue weighted by Gasteiger charge is -2.15. The lowest BCUT2D eigenvalue weighted by Crippen LogP contribution is -2.32. The number of alkyl halides is 7. The zero-order chi connectivity index (χ0) is 21.7. The SMILES string of the molecule is O=C(NCc1cccc(C(F)(F)F)c1)c1cccc(COCC(F)(F)C(F)F)c1. The van der Waals surface area contributed by atoms with Crippen LogP contribution in [0.4, 0.5) is 30.7 Å². The van der Waals surface area contributed by atoms with E-state index in [0.29, 0.717) is 5.56 Å². The monoisotopic (exact) mass is 423 g/mol. The number of carbonyl (C=O) groups is 1. The second-order valence-electron chi connectivity index (χ2n) is 6.14. The van der Waals surface area contributed by atoms with E-state index < -0.39 is 43.2 Å². The molecule has 158 valence electrons. The van der Waals surface area contributed by atoms with Crippen molar-refractivity contribution < 1.29 is 40.3 Å². The average molecular weight is 423 g/mol. The van der Waals surface area contributed by atoms with Crippen LogP contribution in [0, 0.1) is 0 Å². The summed E-state index contributed by atoms with van der Waals surface area (Å²) in [6.07, 6.45) is -8.36. The first-order valence-corrected chi connectivity index (χ1v) is 8.26. The first kappa shape index (κ1) is 22.7. The summed E-state index contributed by atoms with van der Waals surface area (Å²) in [5.41, 5.74) is -0.202. The maximum absolute atomic E-state index is 12.8. The van der Waals surface area contributed by atoms with Gasteiger partial charge in [-0.15, -0.1) is 0 Å². The standard InChI is InChI=1S/C19H16F7NO2/c20-17(21)18(22,23)11-29-10-13-4-1-5-14(7-13)16(28)27-9-12-3-2-6-15(8-12)19(24,25)26/h1-8,17H,9-11H2,(H,27,28). The summed E-state index contributed by atoms with van der Waals surface area (Å²) in [5.74, 6) is -4.89. The Balaban J connectivity index is 1.94. The minimum Gasteiger partial charge on any atom is -0.370 e. The summed E-state index contributed by atoms with van der Waals surface area (Å²) < 4.78 is 92.5. The fourth-order valence-corrected chi connectivity index (χ4v) is 2.31. The normalized spacial score (nSPS) is 12.3. The summed E-state index contributed by atoms with van der Waals surface area (Å²) in [6, 6.07) is 10.1. The van der Waals surface area contributed by atoms with Crippen molar-refractivity contribution in [2.24, 2.45) is 0 Å². The molecule has 0 bridgehead atoms. The molecule has 1 N–H and O–H groups in total. The summed E-state index contributed by atoms with van der Waals surface area (Å²) in [5, 5.41) is 2.45. The van der Waals surface area contributed by atoms with Gasteiger partial charge in [-0.2, -0.15) is 22.0 Å². The van der Waals surface area contributed by atoms with Gasteiger partial charge < -0.3 is 10.1 Å². The van der Waals surface area contributed by atoms with E-state index in [1.54, 1.807) is 0 Å². The van der Waals surface area contributed by atoms with Crippen molar-refractivity contribution in [2.45, 2.75) is 31.7 Å². The fraction of sp³-hybridized carbons (Fsp3) is 0.316. The Bertz CT molecular complexity index is 837. The van der Waals surface area contributed by atoms with Crippen LogP contribution in [0.1, 0.15) is 27.0 Å². The highest BCUT2D eigenvalue weighted by molar-refractivity contribution is 5.94. The molecule has 1 amide bonds. The molecule has 2 aromatic carbocycles. The molecule has 29 heavy (non-hydrogen) atoms. The number of halogens is 7. The van der Waals surface area contributed by atoms with Gasteiger partial charge in [0, 0.05) is 12.1 Å². The molecule has 10 heteroatoms. The van der Waals surface area contributed by atoms with E-state index in [1.165, 1.54) is 36.4 Å². The van der Waals surface area contributed by atoms with Gasteiger partial charge in [0.15, 0.2) is 0 Å². The number of hydrogen-bond acceptors (Lipinski definition) is 2. The van der Waals surface area contributed by atoms with Crippen LogP contribution in [0.3, 0.4) is 0 Å². The first-order valence-electron chi connectivity index (χ1n) is 8.26. The van der Waals surface area contributed by atoms with E-state index in [4.69, 9.17) is 0 Å². The lowest BCUT2D eigenvalue weighted by atomic mass is 10.1. The molecular weight excluding hydrogens is 407 g/mol. The number of carbonyl (C=O) groups excluding carboxylic acids is 1. The van der Waals surface area contributed by atoms with Crippen molar-refractivity contribution in [2.75, 3.05) is 6.61 Å². The second kappa shape index (κ2) is 9.25. The van der Waals surface area contributed by atoms with Gasteiger partial charge in [-0.25, -0.2) is 8.78 Å². The Morgan fingerprint density at radius 2 is 1.62 bits per heavy atom. The third kappa shape index (κ3) is 6.74. The topological polar surface area (TPSA) is 38.3 Å². The summed E-state index contributed by atoms with van der Waals surface area (Å²) >= 11 is 0. The van der Waals surface area contributed by atoms with Crippen molar-refractivity contribution in [3.05, 3.63) is 70.8 Å². The highest BCUT2D eigenvalue weighted by atomic mass is 19.4. The van der Waals surface area contributed by atoms with E-state index in [-0.39, 0.29) is 17.7 Å². The van der Waals surface area contributed by atoms with E-state index >= 15 is 0 Å². The molecule has 0 aliphatic rings. The second-order valence-corrected chi connectivity index (χ2v) is 6.14. The molecule has 0 saturated carbocycles. The predicted octanol–water partition coefficient (Wildman–Crippen LogP) is 5.05. The molecular formula is C19H16F7NO2. The van der Waals surface area contributed by atoms with Gasteiger partial charge in [0.25, 0.3) is 5.91 Å². The van der Waals surface area contributed by atoms with Crippen molar-refractivity contribution >= 4 is 5.91 Å². The van der Waals surface area contributed by atoms with Crippen molar-refractivity contribution in [3.8, 4) is 0 Å². The van der Waals surface area contributed by atoms with E-state index in [0.717, 1.165) is 12.1 Å². The van der Waals surface area contributed by atoms with Crippen LogP contribution >= 0.6 is 0 Å². The van der Waals surface area contributed by atoms with Crippen LogP contribution in [0.15, 0.2) is 48.5 Å². The molecule has 2 rings (SSSR count). The summed E-state index contributed by atoms with van der Waals surface area (Å²) in [7, 11) is 0. The number of rotatable bonds is 8. The van der Waals surface area contributed by atoms with Gasteiger partial charge >= 0.3 is 18.5 Å². The number of nitrogens with one attached hydrogen (secondary N) is 1. The van der Waals surface area contributed by atoms with Gasteiger partial charge in [0.1, 0.15) is 6.61 Å². The van der Waals surface area contributed by atoms with Gasteiger partial charge in [0.2, 0.25) is 0 Å². The first-order chi connectivity index (χ1) is 13.5. The number of ether oxygens (including phenoxy) is 1. The van der Waals surface area contributed by atoms with Crippen LogP contribution in [-0.2, 0) is 24.1 Å². The van der Waals surface area contributed by atoms with Crippen LogP contribution in [0.2, 0.25) is 0 Å². The Labute approximate surface area is 161 Å². The highest BCUT2D eigenvalue weighted by Gasteiger charge is 2.40. The zero-order valence-electron chi connectivity index (χ0n) is 14.8. The third-order valence-electron chi connectivity index (χ3n) is 3.78. The average Bonchev–Trinajstić information content (AvgIpc) is 2.65. The Morgan fingerprint density at radius 3 is 2.28 bits per heavy atom. The van der Waals surface area contributed by atoms with E-state index in [9.17, 15) is 35.5 Å². The molecule has 0 aliphatic carbocycles. The molecule has 3 nitrogen and oxygen atoms in total. The largest absolute Gasteiger partial charge is 0.416 e. The Morgan fingerprint density at radius 1 is 0.966 bits per heavy atom. The van der Waals surface area contributed by atoms with Crippen molar-refractivity contribution in [1.82, 2.24) is 5.32 Å². The lowest BCUT2D eigenvalue weighted by molar-refractivity contribution is -0.168. The number of amides is 1. The Hall–Kier alpha value is -2.62. The molecule has 0 spiro atoms. The molecule has 0 aromatic heterocycles. The van der Waals surface area contributed by atoms with Gasteiger partial charge in [-0.3, -0.25) is 4.79 Å². The maximum atomic E-state index is 12.8. The molecule has 0 aliphatic heterocycles. The molecule has 0 saturated heterocycles. The molecule has 0 heterocycles. The smallest absolute Gasteiger partial charge is 0.370 e. The van der Waals surface area contributed by atoms with Crippen molar-refractivity contribution in [3.63, 3.8) is 0 Å². The Kier molecular flexibility index (Phi) is 7.23. The van der Waals surface area contributed by atoms with Crippen LogP contribution in [0.25, 0.3) is 0 Å². The third-order valence-corrected chi connectivity index (χ3v) is 3.78. The van der Waals surface area contributed by atoms with E-state index in [1.807, 2.05) is 0 Å². The van der Waals surface area contributed by atoms with Crippen LogP contribution in [-0.4, -0.2) is 24.9 Å². The maximum Gasteiger partial charge on any atom is 0.416 e. The van der Waals surface area contributed by atoms with Crippen LogP contribution < -0.4 is 5.32 Å². The van der Waals surface area contributed by atoms with Gasteiger partial charge in [-0.1, -0.05) is 24.3 Å². The summed E-state index contributed by atoms with van der Waals surface area (Å²) in [4.78, 5) is 12.2. The molecule has 0 radical (unpaired) electrons. The van der Waals surface area contributed by atoms with Gasteiger partial charge in [0.05, 0.1) is 12.2 Å².